The van der Waals surface area contributed by atoms with Gasteiger partial charge in [0, 0.05) is 23.0 Å². The van der Waals surface area contributed by atoms with Crippen LogP contribution in [0.2, 0.25) is 0 Å². The highest BCUT2D eigenvalue weighted by molar-refractivity contribution is 9.10. The molecule has 3 rings (SSSR count). The number of methoxy groups -OCH3 is 1. The first-order valence-corrected chi connectivity index (χ1v) is 7.75. The zero-order valence-electron chi connectivity index (χ0n) is 11.8. The number of fused-ring (bicyclic) bond motifs is 1. The van der Waals surface area contributed by atoms with Crippen molar-refractivity contribution >= 4 is 21.9 Å². The van der Waals surface area contributed by atoms with Gasteiger partial charge in [0.15, 0.2) is 5.82 Å². The summed E-state index contributed by atoms with van der Waals surface area (Å²) < 4.78 is 7.97. The van der Waals surface area contributed by atoms with E-state index in [0.29, 0.717) is 0 Å². The Morgan fingerprint density at radius 3 is 2.90 bits per heavy atom. The summed E-state index contributed by atoms with van der Waals surface area (Å²) in [6.07, 6.45) is 2.27. The Bertz CT molecular complexity index is 669. The number of rotatable bonds is 2. The highest BCUT2D eigenvalue weighted by Crippen LogP contribution is 2.29. The summed E-state index contributed by atoms with van der Waals surface area (Å²) in [6, 6.07) is 7.96. The van der Waals surface area contributed by atoms with Crippen LogP contribution >= 0.6 is 15.9 Å². The monoisotopic (exact) mass is 349 g/mol. The molecule has 0 radical (unpaired) electrons. The number of aryl methyl sites for hydroxylation is 1. The highest BCUT2D eigenvalue weighted by atomic mass is 79.9. The molecule has 1 aliphatic heterocycles. The van der Waals surface area contributed by atoms with E-state index in [2.05, 4.69) is 30.7 Å². The number of aromatic nitrogens is 3. The van der Waals surface area contributed by atoms with Crippen LogP contribution in [0.4, 0.5) is 0 Å². The molecule has 1 aromatic heterocycles. The van der Waals surface area contributed by atoms with Crippen molar-refractivity contribution in [2.24, 2.45) is 5.92 Å². The summed E-state index contributed by atoms with van der Waals surface area (Å²) in [5, 5.41) is 8.62. The number of nitrogens with zero attached hydrogens (tertiary/aromatic N) is 3. The van der Waals surface area contributed by atoms with Crippen LogP contribution in [0.5, 0.6) is 0 Å². The number of carbonyl (C=O) groups excluding carboxylic acids is 1. The molecule has 1 aromatic carbocycles. The summed E-state index contributed by atoms with van der Waals surface area (Å²) in [4.78, 5) is 11.7. The van der Waals surface area contributed by atoms with Crippen molar-refractivity contribution in [3.63, 3.8) is 0 Å². The maximum absolute atomic E-state index is 11.7. The fourth-order valence-corrected chi connectivity index (χ4v) is 3.19. The van der Waals surface area contributed by atoms with Gasteiger partial charge in [0.25, 0.3) is 0 Å². The Hall–Kier alpha value is -1.69. The van der Waals surface area contributed by atoms with E-state index in [0.717, 1.165) is 47.5 Å². The quantitative estimate of drug-likeness (QED) is 0.782. The molecule has 2 heterocycles. The largest absolute Gasteiger partial charge is 0.469 e. The molecule has 0 aliphatic carbocycles. The molecular weight excluding hydrogens is 334 g/mol. The average Bonchev–Trinajstić information content (AvgIpc) is 2.78. The molecule has 0 amide bonds. The van der Waals surface area contributed by atoms with E-state index < -0.39 is 0 Å². The molecule has 1 aliphatic rings. The standard InChI is InChI=1S/C15H16BrN3O2/c1-21-15(20)10-6-7-13-17-18-14(19(13)9-8-10)11-4-2-3-5-12(11)16/h2-5,10H,6-9H2,1H3. The zero-order valence-corrected chi connectivity index (χ0v) is 13.3. The molecule has 0 fully saturated rings. The lowest BCUT2D eigenvalue weighted by Crippen LogP contribution is -2.16. The maximum Gasteiger partial charge on any atom is 0.308 e. The summed E-state index contributed by atoms with van der Waals surface area (Å²) in [5.74, 6) is 1.61. The molecule has 2 aromatic rings. The number of hydrogen-bond donors (Lipinski definition) is 0. The zero-order chi connectivity index (χ0) is 14.8. The number of halogens is 1. The minimum atomic E-state index is -0.129. The van der Waals surface area contributed by atoms with Gasteiger partial charge >= 0.3 is 5.97 Å². The fraction of sp³-hybridized carbons (Fsp3) is 0.400. The van der Waals surface area contributed by atoms with Crippen molar-refractivity contribution < 1.29 is 9.53 Å². The van der Waals surface area contributed by atoms with E-state index in [1.807, 2.05) is 24.3 Å². The number of carbonyl (C=O) groups is 1. The number of hydrogen-bond acceptors (Lipinski definition) is 4. The third-order valence-corrected chi connectivity index (χ3v) is 4.59. The van der Waals surface area contributed by atoms with Crippen LogP contribution in [0.3, 0.4) is 0 Å². The van der Waals surface area contributed by atoms with Gasteiger partial charge in [-0.25, -0.2) is 0 Å². The van der Waals surface area contributed by atoms with E-state index in [4.69, 9.17) is 4.74 Å². The minimum Gasteiger partial charge on any atom is -0.469 e. The van der Waals surface area contributed by atoms with Crippen molar-refractivity contribution in [3.05, 3.63) is 34.6 Å². The Morgan fingerprint density at radius 1 is 1.33 bits per heavy atom. The van der Waals surface area contributed by atoms with E-state index >= 15 is 0 Å². The van der Waals surface area contributed by atoms with E-state index in [-0.39, 0.29) is 11.9 Å². The topological polar surface area (TPSA) is 57.0 Å². The molecule has 0 spiro atoms. The molecule has 21 heavy (non-hydrogen) atoms. The number of benzene rings is 1. The van der Waals surface area contributed by atoms with Gasteiger partial charge in [0.1, 0.15) is 5.82 Å². The first-order chi connectivity index (χ1) is 10.2. The van der Waals surface area contributed by atoms with Crippen LogP contribution in [0.1, 0.15) is 18.7 Å². The van der Waals surface area contributed by atoms with Crippen LogP contribution in [-0.4, -0.2) is 27.8 Å². The van der Waals surface area contributed by atoms with Gasteiger partial charge in [0.2, 0.25) is 0 Å². The summed E-state index contributed by atoms with van der Waals surface area (Å²) in [5.41, 5.74) is 1.02. The molecule has 0 N–H and O–H groups in total. The number of ether oxygens (including phenoxy) is 1. The van der Waals surface area contributed by atoms with Crippen molar-refractivity contribution in [2.45, 2.75) is 25.8 Å². The Kier molecular flexibility index (Phi) is 4.05. The van der Waals surface area contributed by atoms with Crippen molar-refractivity contribution in [1.82, 2.24) is 14.8 Å². The lowest BCUT2D eigenvalue weighted by atomic mass is 10.0. The van der Waals surface area contributed by atoms with Crippen LogP contribution in [0.25, 0.3) is 11.4 Å². The van der Waals surface area contributed by atoms with Gasteiger partial charge in [-0.3, -0.25) is 4.79 Å². The summed E-state index contributed by atoms with van der Waals surface area (Å²) >= 11 is 3.56. The van der Waals surface area contributed by atoms with Gasteiger partial charge in [-0.1, -0.05) is 34.1 Å². The molecule has 0 saturated heterocycles. The smallest absolute Gasteiger partial charge is 0.308 e. The van der Waals surface area contributed by atoms with E-state index in [9.17, 15) is 4.79 Å². The second-order valence-corrected chi connectivity index (χ2v) is 5.97. The summed E-state index contributed by atoms with van der Waals surface area (Å²) in [6.45, 7) is 0.735. The first kappa shape index (κ1) is 14.3. The maximum atomic E-state index is 11.7. The van der Waals surface area contributed by atoms with E-state index in [1.54, 1.807) is 0 Å². The highest BCUT2D eigenvalue weighted by Gasteiger charge is 2.26. The Labute approximate surface area is 131 Å². The van der Waals surface area contributed by atoms with Crippen LogP contribution in [-0.2, 0) is 22.5 Å². The molecule has 1 atom stereocenters. The summed E-state index contributed by atoms with van der Waals surface area (Å²) in [7, 11) is 1.44. The molecule has 110 valence electrons. The molecule has 0 saturated carbocycles. The van der Waals surface area contributed by atoms with Crippen LogP contribution in [0, 0.1) is 5.92 Å². The van der Waals surface area contributed by atoms with Crippen LogP contribution in [0.15, 0.2) is 28.7 Å². The average molecular weight is 350 g/mol. The van der Waals surface area contributed by atoms with E-state index in [1.165, 1.54) is 7.11 Å². The molecule has 0 bridgehead atoms. The molecule has 1 unspecified atom stereocenters. The normalized spacial score (nSPS) is 17.9. The van der Waals surface area contributed by atoms with Crippen LogP contribution < -0.4 is 0 Å². The lowest BCUT2D eigenvalue weighted by molar-refractivity contribution is -0.145. The Balaban J connectivity index is 1.92. The minimum absolute atomic E-state index is 0.0521. The van der Waals surface area contributed by atoms with Gasteiger partial charge in [-0.2, -0.15) is 0 Å². The van der Waals surface area contributed by atoms with Gasteiger partial charge in [-0.05, 0) is 18.9 Å². The second kappa shape index (κ2) is 5.97. The third-order valence-electron chi connectivity index (χ3n) is 3.89. The fourth-order valence-electron chi connectivity index (χ4n) is 2.73. The lowest BCUT2D eigenvalue weighted by Gasteiger charge is -2.11. The molecule has 6 heteroatoms. The predicted octanol–water partition coefficient (Wildman–Crippen LogP) is 2.83. The SMILES string of the molecule is COC(=O)C1CCc2nnc(-c3ccccc3Br)n2CC1. The Morgan fingerprint density at radius 2 is 2.14 bits per heavy atom. The molecular formula is C15H16BrN3O2. The van der Waals surface area contributed by atoms with Crippen molar-refractivity contribution in [2.75, 3.05) is 7.11 Å². The number of esters is 1. The predicted molar refractivity (Wildman–Crippen MR) is 81.6 cm³/mol. The first-order valence-electron chi connectivity index (χ1n) is 6.95. The van der Waals surface area contributed by atoms with Crippen molar-refractivity contribution in [3.8, 4) is 11.4 Å². The van der Waals surface area contributed by atoms with Crippen molar-refractivity contribution in [1.29, 1.82) is 0 Å². The van der Waals surface area contributed by atoms with Gasteiger partial charge in [0.05, 0.1) is 13.0 Å². The van der Waals surface area contributed by atoms with Gasteiger partial charge in [-0.15, -0.1) is 10.2 Å². The van der Waals surface area contributed by atoms with Gasteiger partial charge < -0.3 is 9.30 Å². The molecule has 5 nitrogen and oxygen atoms in total. The second-order valence-electron chi connectivity index (χ2n) is 5.12. The third kappa shape index (κ3) is 2.72.